The van der Waals surface area contributed by atoms with Gasteiger partial charge in [-0.1, -0.05) is 18.2 Å². The first-order valence-electron chi connectivity index (χ1n) is 8.49. The third-order valence-corrected chi connectivity index (χ3v) is 5.79. The van der Waals surface area contributed by atoms with Crippen LogP contribution < -0.4 is 14.5 Å². The molecule has 0 bridgehead atoms. The molecule has 1 aromatic heterocycles. The summed E-state index contributed by atoms with van der Waals surface area (Å²) in [4.78, 5) is 9.10. The van der Waals surface area contributed by atoms with E-state index in [1.165, 1.54) is 11.9 Å². The topological polar surface area (TPSA) is 65.5 Å². The summed E-state index contributed by atoms with van der Waals surface area (Å²) in [5.41, 5.74) is 1.23. The molecule has 1 aliphatic heterocycles. The molecule has 7 heteroatoms. The van der Waals surface area contributed by atoms with Gasteiger partial charge >= 0.3 is 0 Å². The van der Waals surface area contributed by atoms with E-state index in [-0.39, 0.29) is 10.9 Å². The molecule has 1 aromatic carbocycles. The van der Waals surface area contributed by atoms with Crippen molar-refractivity contribution in [2.75, 3.05) is 36.0 Å². The first-order chi connectivity index (χ1) is 12.0. The van der Waals surface area contributed by atoms with Crippen molar-refractivity contribution in [3.63, 3.8) is 0 Å². The van der Waals surface area contributed by atoms with Crippen molar-refractivity contribution in [1.82, 2.24) is 9.71 Å². The molecule has 3 rings (SSSR count). The van der Waals surface area contributed by atoms with Crippen LogP contribution in [0.2, 0.25) is 0 Å². The number of nitrogens with zero attached hydrogens (tertiary/aromatic N) is 3. The van der Waals surface area contributed by atoms with Gasteiger partial charge in [-0.25, -0.2) is 18.1 Å². The van der Waals surface area contributed by atoms with Crippen LogP contribution in [0.15, 0.2) is 53.6 Å². The molecule has 0 radical (unpaired) electrons. The van der Waals surface area contributed by atoms with Crippen LogP contribution in [0.4, 0.5) is 11.5 Å². The van der Waals surface area contributed by atoms with Crippen molar-refractivity contribution in [3.05, 3.63) is 48.7 Å². The standard InChI is InChI=1S/C18H24N4O2S/c1-15(2)20-25(23,24)17-8-9-18(19-14-17)22-12-10-21(11-13-22)16-6-4-3-5-7-16/h3-9,14-15,20H,10-13H2,1-2H3. The summed E-state index contributed by atoms with van der Waals surface area (Å²) in [5, 5.41) is 0. The van der Waals surface area contributed by atoms with Gasteiger partial charge < -0.3 is 9.80 Å². The van der Waals surface area contributed by atoms with E-state index >= 15 is 0 Å². The number of piperazine rings is 1. The Morgan fingerprint density at radius 2 is 1.60 bits per heavy atom. The van der Waals surface area contributed by atoms with Crippen LogP contribution in [0, 0.1) is 0 Å². The number of pyridine rings is 1. The summed E-state index contributed by atoms with van der Waals surface area (Å²) in [7, 11) is -3.49. The third kappa shape index (κ3) is 4.29. The SMILES string of the molecule is CC(C)NS(=O)(=O)c1ccc(N2CCN(c3ccccc3)CC2)nc1. The maximum Gasteiger partial charge on any atom is 0.242 e. The summed E-state index contributed by atoms with van der Waals surface area (Å²) in [6.45, 7) is 7.15. The molecule has 25 heavy (non-hydrogen) atoms. The van der Waals surface area contributed by atoms with E-state index < -0.39 is 10.0 Å². The van der Waals surface area contributed by atoms with Crippen LogP contribution >= 0.6 is 0 Å². The van der Waals surface area contributed by atoms with Gasteiger partial charge in [-0.15, -0.1) is 0 Å². The number of sulfonamides is 1. The van der Waals surface area contributed by atoms with Crippen LogP contribution in [0.25, 0.3) is 0 Å². The van der Waals surface area contributed by atoms with E-state index in [1.54, 1.807) is 26.0 Å². The molecule has 134 valence electrons. The minimum atomic E-state index is -3.49. The van der Waals surface area contributed by atoms with Crippen molar-refractivity contribution in [3.8, 4) is 0 Å². The highest BCUT2D eigenvalue weighted by atomic mass is 32.2. The Morgan fingerprint density at radius 3 is 2.16 bits per heavy atom. The average molecular weight is 360 g/mol. The van der Waals surface area contributed by atoms with E-state index in [4.69, 9.17) is 0 Å². The van der Waals surface area contributed by atoms with Crippen LogP contribution in [0.5, 0.6) is 0 Å². The zero-order valence-electron chi connectivity index (χ0n) is 14.6. The minimum absolute atomic E-state index is 0.143. The molecule has 0 unspecified atom stereocenters. The van der Waals surface area contributed by atoms with Gasteiger partial charge in [-0.05, 0) is 38.1 Å². The van der Waals surface area contributed by atoms with Crippen molar-refractivity contribution in [2.45, 2.75) is 24.8 Å². The van der Waals surface area contributed by atoms with Gasteiger partial charge in [-0.2, -0.15) is 0 Å². The summed E-state index contributed by atoms with van der Waals surface area (Å²) in [6, 6.07) is 13.6. The van der Waals surface area contributed by atoms with Crippen LogP contribution in [-0.4, -0.2) is 45.6 Å². The smallest absolute Gasteiger partial charge is 0.242 e. The molecule has 1 fully saturated rings. The van der Waals surface area contributed by atoms with E-state index in [2.05, 4.69) is 31.6 Å². The fraction of sp³-hybridized carbons (Fsp3) is 0.389. The Kier molecular flexibility index (Phi) is 5.24. The van der Waals surface area contributed by atoms with Gasteiger partial charge in [0.2, 0.25) is 10.0 Å². The fourth-order valence-electron chi connectivity index (χ4n) is 2.93. The van der Waals surface area contributed by atoms with Crippen molar-refractivity contribution in [1.29, 1.82) is 0 Å². The van der Waals surface area contributed by atoms with E-state index in [0.717, 1.165) is 32.0 Å². The molecule has 2 heterocycles. The zero-order valence-corrected chi connectivity index (χ0v) is 15.4. The monoisotopic (exact) mass is 360 g/mol. The number of nitrogens with one attached hydrogen (secondary N) is 1. The minimum Gasteiger partial charge on any atom is -0.368 e. The highest BCUT2D eigenvalue weighted by Crippen LogP contribution is 2.20. The number of benzene rings is 1. The molecule has 0 atom stereocenters. The number of hydrogen-bond acceptors (Lipinski definition) is 5. The largest absolute Gasteiger partial charge is 0.368 e. The third-order valence-electron chi connectivity index (χ3n) is 4.15. The summed E-state index contributed by atoms with van der Waals surface area (Å²) >= 11 is 0. The lowest BCUT2D eigenvalue weighted by Gasteiger charge is -2.36. The number of anilines is 2. The molecule has 1 saturated heterocycles. The van der Waals surface area contributed by atoms with Gasteiger partial charge in [0.25, 0.3) is 0 Å². The molecule has 6 nitrogen and oxygen atoms in total. The first-order valence-corrected chi connectivity index (χ1v) is 9.97. The highest BCUT2D eigenvalue weighted by Gasteiger charge is 2.20. The molecule has 2 aromatic rings. The lowest BCUT2D eigenvalue weighted by molar-refractivity contribution is 0.569. The number of hydrogen-bond donors (Lipinski definition) is 1. The van der Waals surface area contributed by atoms with Gasteiger partial charge in [0.15, 0.2) is 0 Å². The second kappa shape index (κ2) is 7.41. The Balaban J connectivity index is 1.64. The Hall–Kier alpha value is -2.12. The molecular formula is C18H24N4O2S. The molecule has 0 saturated carbocycles. The molecule has 0 amide bonds. The summed E-state index contributed by atoms with van der Waals surface area (Å²) in [6.07, 6.45) is 1.43. The van der Waals surface area contributed by atoms with E-state index in [9.17, 15) is 8.42 Å². The van der Waals surface area contributed by atoms with Crippen molar-refractivity contribution >= 4 is 21.5 Å². The second-order valence-corrected chi connectivity index (χ2v) is 8.15. The molecule has 1 aliphatic rings. The van der Waals surface area contributed by atoms with Gasteiger partial charge in [-0.3, -0.25) is 0 Å². The summed E-state index contributed by atoms with van der Waals surface area (Å²) in [5.74, 6) is 0.816. The Bertz CT molecular complexity index is 784. The molecule has 1 N–H and O–H groups in total. The maximum absolute atomic E-state index is 12.2. The van der Waals surface area contributed by atoms with Gasteiger partial charge in [0.05, 0.1) is 0 Å². The van der Waals surface area contributed by atoms with Crippen molar-refractivity contribution < 1.29 is 8.42 Å². The van der Waals surface area contributed by atoms with Crippen molar-refractivity contribution in [2.24, 2.45) is 0 Å². The van der Waals surface area contributed by atoms with Crippen LogP contribution in [-0.2, 0) is 10.0 Å². The normalized spacial score (nSPS) is 15.6. The van der Waals surface area contributed by atoms with Crippen LogP contribution in [0.3, 0.4) is 0 Å². The number of para-hydroxylation sites is 1. The van der Waals surface area contributed by atoms with E-state index in [1.807, 2.05) is 18.2 Å². The first kappa shape index (κ1) is 17.7. The van der Waals surface area contributed by atoms with E-state index in [0.29, 0.717) is 0 Å². The average Bonchev–Trinajstić information content (AvgIpc) is 2.62. The van der Waals surface area contributed by atoms with Crippen LogP contribution in [0.1, 0.15) is 13.8 Å². The second-order valence-electron chi connectivity index (χ2n) is 6.44. The number of aromatic nitrogens is 1. The number of rotatable bonds is 5. The molecule has 0 spiro atoms. The molecule has 0 aliphatic carbocycles. The maximum atomic E-state index is 12.2. The summed E-state index contributed by atoms with van der Waals surface area (Å²) < 4.78 is 26.9. The Labute approximate surface area is 149 Å². The Morgan fingerprint density at radius 1 is 0.960 bits per heavy atom. The predicted molar refractivity (Wildman–Crippen MR) is 101 cm³/mol. The fourth-order valence-corrected chi connectivity index (χ4v) is 4.12. The quantitative estimate of drug-likeness (QED) is 0.884. The van der Waals surface area contributed by atoms with Gasteiger partial charge in [0.1, 0.15) is 10.7 Å². The predicted octanol–water partition coefficient (Wildman–Crippen LogP) is 2.09. The van der Waals surface area contributed by atoms with Gasteiger partial charge in [0, 0.05) is 44.1 Å². The lowest BCUT2D eigenvalue weighted by atomic mass is 10.2. The zero-order chi connectivity index (χ0) is 17.9. The molecular weight excluding hydrogens is 336 g/mol. The lowest BCUT2D eigenvalue weighted by Crippen LogP contribution is -2.46. The highest BCUT2D eigenvalue weighted by molar-refractivity contribution is 7.89.